The van der Waals surface area contributed by atoms with E-state index in [-0.39, 0.29) is 7.43 Å². The van der Waals surface area contributed by atoms with E-state index in [4.69, 9.17) is 0 Å². The van der Waals surface area contributed by atoms with Crippen LogP contribution in [-0.4, -0.2) is 0 Å². The van der Waals surface area contributed by atoms with Gasteiger partial charge in [-0.1, -0.05) is 7.43 Å². The first-order valence-electron chi connectivity index (χ1n) is 0.228. The second kappa shape index (κ2) is 10.1. The molecule has 0 rings (SSSR count). The molecule has 0 bridgehead atoms. The fourth-order valence-corrected chi connectivity index (χ4v) is 0. The summed E-state index contributed by atoms with van der Waals surface area (Å²) < 4.78 is 19.1. The predicted octanol–water partition coefficient (Wildman–Crippen LogP) is 1.47. The molecule has 0 heterocycles. The molecule has 0 unspecified atom stereocenters. The summed E-state index contributed by atoms with van der Waals surface area (Å²) in [6.07, 6.45) is 0. The summed E-state index contributed by atoms with van der Waals surface area (Å²) in [6, 6.07) is 0. The van der Waals surface area contributed by atoms with Crippen LogP contribution in [0.5, 0.6) is 0 Å². The van der Waals surface area contributed by atoms with Crippen LogP contribution in [0.15, 0.2) is 0 Å². The molecule has 3 heteroatoms. The number of halogens is 2. The summed E-state index contributed by atoms with van der Waals surface area (Å²) in [5.41, 5.74) is 0. The molecule has 0 aromatic carbocycles. The minimum atomic E-state index is -1.19. The van der Waals surface area contributed by atoms with E-state index in [1.165, 1.54) is 0 Å². The molecule has 0 fully saturated rings. The van der Waals surface area contributed by atoms with Gasteiger partial charge in [-0.05, 0) is 0 Å². The second-order valence-electron chi connectivity index (χ2n) is 0.0431. The van der Waals surface area contributed by atoms with Crippen molar-refractivity contribution in [2.24, 2.45) is 0 Å². The van der Waals surface area contributed by atoms with Crippen molar-refractivity contribution >= 4 is 0 Å². The molecule has 0 amide bonds. The van der Waals surface area contributed by atoms with Crippen molar-refractivity contribution in [3.8, 4) is 0 Å². The molecule has 0 N–H and O–H groups in total. The number of rotatable bonds is 0. The molecule has 0 aliphatic heterocycles. The van der Waals surface area contributed by atoms with Crippen LogP contribution in [0.2, 0.25) is 0 Å². The number of hydrogen-bond acceptors (Lipinski definition) is 0. The van der Waals surface area contributed by atoms with Gasteiger partial charge in [0.15, 0.2) is 0 Å². The molecule has 0 aromatic rings. The zero-order valence-electron chi connectivity index (χ0n) is 1.06. The van der Waals surface area contributed by atoms with Gasteiger partial charge >= 0.3 is 23.0 Å². The Kier molecular flexibility index (Phi) is 22.2. The van der Waals surface area contributed by atoms with E-state index in [1.54, 1.807) is 0 Å². The fraction of sp³-hybridized carbons (Fsp3) is 1.00. The minimum absolute atomic E-state index is 0. The normalized spacial score (nSPS) is 5.50. The Morgan fingerprint density at radius 2 is 1.25 bits per heavy atom. The van der Waals surface area contributed by atoms with E-state index in [0.717, 1.165) is 0 Å². The standard InChI is InChI=1S/CH4.Cu.2FH/h1H4;;2*1H/q;+2;;/p-2. The van der Waals surface area contributed by atoms with Crippen LogP contribution >= 0.6 is 0 Å². The first-order valence-corrected chi connectivity index (χ1v) is 0.940. The van der Waals surface area contributed by atoms with Crippen molar-refractivity contribution in [3.05, 3.63) is 0 Å². The zero-order valence-corrected chi connectivity index (χ0v) is 2.00. The molecular weight excluding hydrogens is 114 g/mol. The molecule has 0 aliphatic rings. The average Bonchev–Trinajstić information content (AvgIpc) is 0.918. The van der Waals surface area contributed by atoms with Gasteiger partial charge < -0.3 is 0 Å². The van der Waals surface area contributed by atoms with Crippen molar-refractivity contribution in [1.29, 1.82) is 0 Å². The van der Waals surface area contributed by atoms with Crippen LogP contribution in [0, 0.1) is 0 Å². The van der Waals surface area contributed by atoms with Crippen molar-refractivity contribution in [1.82, 2.24) is 0 Å². The maximum absolute atomic E-state index is 9.53. The average molecular weight is 118 g/mol. The summed E-state index contributed by atoms with van der Waals surface area (Å²) in [5, 5.41) is 0. The molecule has 0 atom stereocenters. The van der Waals surface area contributed by atoms with Gasteiger partial charge in [0, 0.05) is 0 Å². The molecule has 0 spiro atoms. The molecular formula is CH4CuF2. The first-order chi connectivity index (χ1) is 1.41. The van der Waals surface area contributed by atoms with Gasteiger partial charge in [-0.15, -0.1) is 0 Å². The first kappa shape index (κ1) is 8.83. The van der Waals surface area contributed by atoms with Crippen molar-refractivity contribution in [3.63, 3.8) is 0 Å². The quantitative estimate of drug-likeness (QED) is 0.422. The predicted molar refractivity (Wildman–Crippen MR) is 8.95 cm³/mol. The van der Waals surface area contributed by atoms with Crippen LogP contribution in [0.4, 0.5) is 7.10 Å². The van der Waals surface area contributed by atoms with Gasteiger partial charge in [-0.3, -0.25) is 0 Å². The Morgan fingerprint density at radius 3 is 1.25 bits per heavy atom. The SMILES string of the molecule is C.[F][Cu][F]. The number of hydrogen-bond donors (Lipinski definition) is 0. The van der Waals surface area contributed by atoms with Gasteiger partial charge in [-0.2, -0.15) is 0 Å². The Labute approximate surface area is 31.3 Å². The Bertz CT molecular complexity index is 6.00. The zero-order chi connectivity index (χ0) is 2.71. The van der Waals surface area contributed by atoms with Gasteiger partial charge in [0.25, 0.3) is 0 Å². The van der Waals surface area contributed by atoms with Gasteiger partial charge in [0.1, 0.15) is 0 Å². The molecule has 0 radical (unpaired) electrons. The van der Waals surface area contributed by atoms with Crippen molar-refractivity contribution in [2.75, 3.05) is 0 Å². The van der Waals surface area contributed by atoms with E-state index in [1.807, 2.05) is 0 Å². The third-order valence-corrected chi connectivity index (χ3v) is 0. The monoisotopic (exact) mass is 117 g/mol. The topological polar surface area (TPSA) is 0 Å². The summed E-state index contributed by atoms with van der Waals surface area (Å²) in [4.78, 5) is 0. The Balaban J connectivity index is 0. The summed E-state index contributed by atoms with van der Waals surface area (Å²) in [6.45, 7) is 0. The van der Waals surface area contributed by atoms with E-state index >= 15 is 0 Å². The van der Waals surface area contributed by atoms with E-state index in [0.29, 0.717) is 0 Å². The Morgan fingerprint density at radius 1 is 1.25 bits per heavy atom. The van der Waals surface area contributed by atoms with Crippen LogP contribution in [0.3, 0.4) is 0 Å². The second-order valence-corrected chi connectivity index (χ2v) is 0.178. The molecule has 33 valence electrons. The molecule has 0 saturated carbocycles. The van der Waals surface area contributed by atoms with Crippen LogP contribution in [0.25, 0.3) is 0 Å². The van der Waals surface area contributed by atoms with Crippen molar-refractivity contribution in [2.45, 2.75) is 7.43 Å². The Hall–Kier alpha value is 0.379. The molecule has 0 saturated heterocycles. The summed E-state index contributed by atoms with van der Waals surface area (Å²) in [5.74, 6) is 0. The van der Waals surface area contributed by atoms with Crippen LogP contribution in [-0.2, 0) is 15.9 Å². The van der Waals surface area contributed by atoms with Crippen LogP contribution in [0.1, 0.15) is 7.43 Å². The van der Waals surface area contributed by atoms with E-state index in [9.17, 15) is 7.10 Å². The van der Waals surface area contributed by atoms with Gasteiger partial charge in [0.05, 0.1) is 0 Å². The fourth-order valence-electron chi connectivity index (χ4n) is 0. The molecule has 0 aliphatic carbocycles. The summed E-state index contributed by atoms with van der Waals surface area (Å²) in [7, 11) is 0. The summed E-state index contributed by atoms with van der Waals surface area (Å²) >= 11 is -1.19. The van der Waals surface area contributed by atoms with E-state index in [2.05, 4.69) is 0 Å². The molecule has 0 nitrogen and oxygen atoms in total. The van der Waals surface area contributed by atoms with Gasteiger partial charge in [0.2, 0.25) is 0 Å². The molecule has 0 aromatic heterocycles. The van der Waals surface area contributed by atoms with Crippen molar-refractivity contribution < 1.29 is 23.0 Å². The maximum atomic E-state index is 9.53. The van der Waals surface area contributed by atoms with E-state index < -0.39 is 15.9 Å². The molecule has 4 heavy (non-hydrogen) atoms. The third kappa shape index (κ3) is 31.4. The van der Waals surface area contributed by atoms with Crippen LogP contribution < -0.4 is 0 Å². The van der Waals surface area contributed by atoms with Gasteiger partial charge in [-0.25, -0.2) is 0 Å². The third-order valence-electron chi connectivity index (χ3n) is 0.